The fourth-order valence-electron chi connectivity index (χ4n) is 4.01. The first-order valence-corrected chi connectivity index (χ1v) is 10.8. The molecule has 11 nitrogen and oxygen atoms in total. The lowest BCUT2D eigenvalue weighted by atomic mass is 10.1. The third-order valence-corrected chi connectivity index (χ3v) is 5.96. The first kappa shape index (κ1) is 20.7. The van der Waals surface area contributed by atoms with Crippen molar-refractivity contribution >= 4 is 28.7 Å². The number of nitrogens with two attached hydrogens (primary N) is 1. The smallest absolute Gasteiger partial charge is 0.263 e. The van der Waals surface area contributed by atoms with Gasteiger partial charge in [0.05, 0.1) is 37.0 Å². The van der Waals surface area contributed by atoms with Crippen LogP contribution in [0.25, 0.3) is 22.3 Å². The molecule has 3 aromatic rings. The Morgan fingerprint density at radius 2 is 1.84 bits per heavy atom. The average Bonchev–Trinajstić information content (AvgIpc) is 3.25. The highest BCUT2D eigenvalue weighted by Gasteiger charge is 2.24. The van der Waals surface area contributed by atoms with Gasteiger partial charge in [0.15, 0.2) is 5.65 Å². The second kappa shape index (κ2) is 8.77. The van der Waals surface area contributed by atoms with Crippen LogP contribution < -0.4 is 10.6 Å². The van der Waals surface area contributed by atoms with E-state index in [0.29, 0.717) is 61.3 Å². The zero-order valence-corrected chi connectivity index (χ0v) is 18.1. The number of carbonyl (C=O) groups excluding carboxylic acids is 1. The topological polar surface area (TPSA) is 119 Å². The molecule has 0 atom stereocenters. The highest BCUT2D eigenvalue weighted by atomic mass is 16.5. The summed E-state index contributed by atoms with van der Waals surface area (Å²) in [4.78, 5) is 33.4. The number of piperazine rings is 1. The zero-order chi connectivity index (χ0) is 22.1. The van der Waals surface area contributed by atoms with Gasteiger partial charge in [0.25, 0.3) is 5.91 Å². The minimum Gasteiger partial charge on any atom is -0.384 e. The van der Waals surface area contributed by atoms with Gasteiger partial charge >= 0.3 is 0 Å². The monoisotopic (exact) mass is 437 g/mol. The Labute approximate surface area is 185 Å². The molecule has 32 heavy (non-hydrogen) atoms. The van der Waals surface area contributed by atoms with Gasteiger partial charge in [-0.25, -0.2) is 9.97 Å². The molecular weight excluding hydrogens is 410 g/mol. The molecule has 0 spiro atoms. The highest BCUT2D eigenvalue weighted by Crippen LogP contribution is 2.28. The third-order valence-electron chi connectivity index (χ3n) is 5.96. The molecule has 3 aromatic heterocycles. The summed E-state index contributed by atoms with van der Waals surface area (Å²) in [6.07, 6.45) is 3.34. The molecule has 2 aliphatic rings. The molecule has 2 saturated heterocycles. The fraction of sp³-hybridized carbons (Fsp3) is 0.476. The second-order valence-electron chi connectivity index (χ2n) is 8.21. The molecule has 0 radical (unpaired) electrons. The summed E-state index contributed by atoms with van der Waals surface area (Å²) in [5, 5.41) is 5.11. The summed E-state index contributed by atoms with van der Waals surface area (Å²) >= 11 is 0. The number of anilines is 2. The Morgan fingerprint density at radius 1 is 1.06 bits per heavy atom. The molecule has 5 heterocycles. The molecule has 0 aliphatic carbocycles. The Morgan fingerprint density at radius 3 is 2.56 bits per heavy atom. The number of nitrogens with zero attached hydrogens (tertiary/aromatic N) is 8. The Kier molecular flexibility index (Phi) is 5.68. The summed E-state index contributed by atoms with van der Waals surface area (Å²) < 4.78 is 6.88. The van der Waals surface area contributed by atoms with E-state index in [0.717, 1.165) is 31.7 Å². The molecule has 0 saturated carbocycles. The van der Waals surface area contributed by atoms with Crippen molar-refractivity contribution in [3.05, 3.63) is 24.5 Å². The molecular formula is C21H27N9O2. The van der Waals surface area contributed by atoms with Crippen LogP contribution in [0.3, 0.4) is 0 Å². The predicted molar refractivity (Wildman–Crippen MR) is 121 cm³/mol. The summed E-state index contributed by atoms with van der Waals surface area (Å²) in [5.41, 5.74) is 7.76. The summed E-state index contributed by atoms with van der Waals surface area (Å²) in [7, 11) is 2.10. The van der Waals surface area contributed by atoms with Crippen molar-refractivity contribution in [1.29, 1.82) is 0 Å². The van der Waals surface area contributed by atoms with Crippen molar-refractivity contribution in [2.24, 2.45) is 0 Å². The van der Waals surface area contributed by atoms with E-state index in [9.17, 15) is 4.79 Å². The average molecular weight is 438 g/mol. The minimum absolute atomic E-state index is 0.0995. The van der Waals surface area contributed by atoms with Gasteiger partial charge in [0.1, 0.15) is 5.82 Å². The molecule has 168 valence electrons. The van der Waals surface area contributed by atoms with E-state index in [1.54, 1.807) is 18.5 Å². The zero-order valence-electron chi connectivity index (χ0n) is 18.1. The number of hydrogen-bond acceptors (Lipinski definition) is 10. The van der Waals surface area contributed by atoms with Gasteiger partial charge in [-0.15, -0.1) is 0 Å². The van der Waals surface area contributed by atoms with Crippen LogP contribution in [-0.4, -0.2) is 107 Å². The number of hydrogen-bond donors (Lipinski definition) is 1. The van der Waals surface area contributed by atoms with E-state index >= 15 is 0 Å². The summed E-state index contributed by atoms with van der Waals surface area (Å²) in [6.45, 7) is 6.53. The SMILES string of the molecule is CN1CCN(CC(=O)n2ncc3c(-c4ccc(N)nc4)nc(N4CCOCC4)nc32)CC1. The van der Waals surface area contributed by atoms with Gasteiger partial charge < -0.3 is 20.3 Å². The molecule has 11 heteroatoms. The van der Waals surface area contributed by atoms with Gasteiger partial charge in [0.2, 0.25) is 5.95 Å². The van der Waals surface area contributed by atoms with Gasteiger partial charge in [-0.3, -0.25) is 9.69 Å². The van der Waals surface area contributed by atoms with E-state index in [2.05, 4.69) is 31.8 Å². The van der Waals surface area contributed by atoms with Gasteiger partial charge in [-0.2, -0.15) is 14.8 Å². The number of aromatic nitrogens is 5. The van der Waals surface area contributed by atoms with E-state index in [-0.39, 0.29) is 5.91 Å². The molecule has 2 fully saturated rings. The molecule has 0 aromatic carbocycles. The first-order valence-electron chi connectivity index (χ1n) is 10.8. The van der Waals surface area contributed by atoms with Crippen LogP contribution >= 0.6 is 0 Å². The fourth-order valence-corrected chi connectivity index (χ4v) is 4.01. The number of pyridine rings is 1. The Balaban J connectivity index is 1.53. The van der Waals surface area contributed by atoms with Crippen molar-refractivity contribution in [2.75, 3.05) is 76.7 Å². The van der Waals surface area contributed by atoms with Crippen molar-refractivity contribution < 1.29 is 9.53 Å². The quantitative estimate of drug-likeness (QED) is 0.606. The number of carbonyl (C=O) groups is 1. The van der Waals surface area contributed by atoms with Crippen LogP contribution in [-0.2, 0) is 4.74 Å². The van der Waals surface area contributed by atoms with Crippen molar-refractivity contribution in [1.82, 2.24) is 34.5 Å². The largest absolute Gasteiger partial charge is 0.384 e. The number of likely N-dealkylation sites (N-methyl/N-ethyl adjacent to an activating group) is 1. The molecule has 2 aliphatic heterocycles. The van der Waals surface area contributed by atoms with Crippen LogP contribution in [0.1, 0.15) is 4.79 Å². The number of morpholine rings is 1. The lowest BCUT2D eigenvalue weighted by Gasteiger charge is -2.31. The first-order chi connectivity index (χ1) is 15.6. The molecule has 0 bridgehead atoms. The van der Waals surface area contributed by atoms with E-state index in [4.69, 9.17) is 20.4 Å². The predicted octanol–water partition coefficient (Wildman–Crippen LogP) is 0.195. The number of rotatable bonds is 4. The summed E-state index contributed by atoms with van der Waals surface area (Å²) in [6, 6.07) is 3.61. The maximum absolute atomic E-state index is 13.2. The summed E-state index contributed by atoms with van der Waals surface area (Å²) in [5.74, 6) is 0.893. The number of nitrogen functional groups attached to an aromatic ring is 1. The van der Waals surface area contributed by atoms with Gasteiger partial charge in [-0.05, 0) is 19.2 Å². The standard InChI is InChI=1S/C21H27N9O2/c1-27-4-6-28(7-5-27)14-18(31)30-20-16(13-24-30)19(15-2-3-17(22)23-12-15)25-21(26-20)29-8-10-32-11-9-29/h2-3,12-13H,4-11,14H2,1H3,(H2,22,23). The van der Waals surface area contributed by atoms with Gasteiger partial charge in [0, 0.05) is 51.0 Å². The second-order valence-corrected chi connectivity index (χ2v) is 8.21. The molecule has 0 unspecified atom stereocenters. The Bertz CT molecular complexity index is 1100. The molecule has 0 amide bonds. The normalized spacial score (nSPS) is 18.3. The minimum atomic E-state index is -0.0995. The van der Waals surface area contributed by atoms with Crippen LogP contribution in [0.4, 0.5) is 11.8 Å². The Hall–Kier alpha value is -3.15. The van der Waals surface area contributed by atoms with E-state index in [1.165, 1.54) is 4.68 Å². The van der Waals surface area contributed by atoms with Crippen LogP contribution in [0.5, 0.6) is 0 Å². The van der Waals surface area contributed by atoms with Crippen LogP contribution in [0.15, 0.2) is 24.5 Å². The van der Waals surface area contributed by atoms with Crippen molar-refractivity contribution in [3.8, 4) is 11.3 Å². The van der Waals surface area contributed by atoms with E-state index in [1.807, 2.05) is 6.07 Å². The number of fused-ring (bicyclic) bond motifs is 1. The lowest BCUT2D eigenvalue weighted by Crippen LogP contribution is -2.47. The molecule has 5 rings (SSSR count). The van der Waals surface area contributed by atoms with Crippen LogP contribution in [0, 0.1) is 0 Å². The third kappa shape index (κ3) is 4.14. The van der Waals surface area contributed by atoms with E-state index < -0.39 is 0 Å². The molecule has 2 N–H and O–H groups in total. The maximum Gasteiger partial charge on any atom is 0.263 e. The van der Waals surface area contributed by atoms with Crippen molar-refractivity contribution in [3.63, 3.8) is 0 Å². The number of ether oxygens (including phenoxy) is 1. The van der Waals surface area contributed by atoms with Crippen molar-refractivity contribution in [2.45, 2.75) is 0 Å². The lowest BCUT2D eigenvalue weighted by molar-refractivity contribution is 0.0785. The van der Waals surface area contributed by atoms with Crippen LogP contribution in [0.2, 0.25) is 0 Å². The van der Waals surface area contributed by atoms with Gasteiger partial charge in [-0.1, -0.05) is 0 Å². The highest BCUT2D eigenvalue weighted by molar-refractivity contribution is 5.96. The maximum atomic E-state index is 13.2.